The lowest BCUT2D eigenvalue weighted by atomic mass is 10.2. The van der Waals surface area contributed by atoms with Crippen molar-refractivity contribution in [3.05, 3.63) is 29.8 Å². The van der Waals surface area contributed by atoms with E-state index in [1.54, 1.807) is 0 Å². The highest BCUT2D eigenvalue weighted by Gasteiger charge is 2.12. The fourth-order valence-corrected chi connectivity index (χ4v) is 1.78. The summed E-state index contributed by atoms with van der Waals surface area (Å²) in [7, 11) is 1.91. The molecular formula is C13H19N3O. The Kier molecular flexibility index (Phi) is 3.33. The molecule has 0 saturated heterocycles. The number of nitrogens with zero attached hydrogens (tertiary/aromatic N) is 2. The van der Waals surface area contributed by atoms with Crippen molar-refractivity contribution in [1.29, 1.82) is 0 Å². The van der Waals surface area contributed by atoms with Crippen molar-refractivity contribution < 1.29 is 4.42 Å². The normalized spacial score (nSPS) is 11.4. The molecule has 2 aromatic heterocycles. The second-order valence-electron chi connectivity index (χ2n) is 4.50. The van der Waals surface area contributed by atoms with E-state index in [0.29, 0.717) is 6.04 Å². The van der Waals surface area contributed by atoms with Crippen LogP contribution in [0.15, 0.2) is 22.7 Å². The standard InChI is InChI=1S/C13H19N3O/c1-9(2)16-8-12(10(3)15-16)13-6-5-11(17-13)7-14-4/h5-6,8-9,14H,7H2,1-4H3. The van der Waals surface area contributed by atoms with Gasteiger partial charge in [-0.05, 0) is 40.0 Å². The minimum absolute atomic E-state index is 0.370. The maximum atomic E-state index is 5.77. The van der Waals surface area contributed by atoms with Crippen molar-refractivity contribution in [3.8, 4) is 11.3 Å². The first-order chi connectivity index (χ1) is 8.11. The number of aryl methyl sites for hydroxylation is 1. The first-order valence-corrected chi connectivity index (χ1v) is 5.91. The molecule has 0 spiro atoms. The van der Waals surface area contributed by atoms with Crippen LogP contribution in [0, 0.1) is 6.92 Å². The van der Waals surface area contributed by atoms with E-state index in [2.05, 4.69) is 24.3 Å². The maximum absolute atomic E-state index is 5.77. The highest BCUT2D eigenvalue weighted by molar-refractivity contribution is 5.59. The van der Waals surface area contributed by atoms with Crippen LogP contribution < -0.4 is 5.32 Å². The van der Waals surface area contributed by atoms with Gasteiger partial charge in [0.1, 0.15) is 11.5 Å². The highest BCUT2D eigenvalue weighted by Crippen LogP contribution is 2.25. The van der Waals surface area contributed by atoms with E-state index in [-0.39, 0.29) is 0 Å². The zero-order valence-electron chi connectivity index (χ0n) is 10.8. The molecule has 0 saturated carbocycles. The molecule has 92 valence electrons. The van der Waals surface area contributed by atoms with Crippen LogP contribution in [0.5, 0.6) is 0 Å². The first kappa shape index (κ1) is 11.9. The lowest BCUT2D eigenvalue weighted by Gasteiger charge is -2.02. The maximum Gasteiger partial charge on any atom is 0.137 e. The number of hydrogen-bond acceptors (Lipinski definition) is 3. The van der Waals surface area contributed by atoms with Crippen LogP contribution in [-0.2, 0) is 6.54 Å². The van der Waals surface area contributed by atoms with E-state index >= 15 is 0 Å². The van der Waals surface area contributed by atoms with Gasteiger partial charge in [-0.25, -0.2) is 0 Å². The Bertz CT molecular complexity index is 496. The van der Waals surface area contributed by atoms with E-state index in [4.69, 9.17) is 4.42 Å². The molecule has 4 nitrogen and oxygen atoms in total. The van der Waals surface area contributed by atoms with Gasteiger partial charge in [-0.3, -0.25) is 4.68 Å². The van der Waals surface area contributed by atoms with Crippen LogP contribution in [0.4, 0.5) is 0 Å². The first-order valence-electron chi connectivity index (χ1n) is 5.91. The lowest BCUT2D eigenvalue weighted by molar-refractivity contribution is 0.506. The Hall–Kier alpha value is -1.55. The van der Waals surface area contributed by atoms with Crippen LogP contribution in [0.3, 0.4) is 0 Å². The van der Waals surface area contributed by atoms with Gasteiger partial charge in [0.15, 0.2) is 0 Å². The van der Waals surface area contributed by atoms with Gasteiger partial charge in [0.05, 0.1) is 17.8 Å². The van der Waals surface area contributed by atoms with E-state index in [9.17, 15) is 0 Å². The van der Waals surface area contributed by atoms with E-state index in [1.165, 1.54) is 0 Å². The third-order valence-electron chi connectivity index (χ3n) is 2.72. The van der Waals surface area contributed by atoms with Crippen molar-refractivity contribution >= 4 is 0 Å². The Morgan fingerprint density at radius 2 is 2.18 bits per heavy atom. The molecule has 0 aliphatic rings. The summed E-state index contributed by atoms with van der Waals surface area (Å²) in [4.78, 5) is 0. The molecule has 17 heavy (non-hydrogen) atoms. The van der Waals surface area contributed by atoms with E-state index in [0.717, 1.165) is 29.3 Å². The van der Waals surface area contributed by atoms with Crippen molar-refractivity contribution in [1.82, 2.24) is 15.1 Å². The summed E-state index contributed by atoms with van der Waals surface area (Å²) < 4.78 is 7.73. The second-order valence-corrected chi connectivity index (χ2v) is 4.50. The molecule has 0 atom stereocenters. The molecule has 0 unspecified atom stereocenters. The largest absolute Gasteiger partial charge is 0.460 e. The monoisotopic (exact) mass is 233 g/mol. The molecule has 0 aliphatic heterocycles. The van der Waals surface area contributed by atoms with Crippen LogP contribution in [0.2, 0.25) is 0 Å². The molecule has 2 aromatic rings. The predicted octanol–water partition coefficient (Wildman–Crippen LogP) is 2.75. The summed E-state index contributed by atoms with van der Waals surface area (Å²) in [6.45, 7) is 6.99. The number of nitrogens with one attached hydrogen (secondary N) is 1. The molecule has 0 amide bonds. The average molecular weight is 233 g/mol. The SMILES string of the molecule is CNCc1ccc(-c2cn(C(C)C)nc2C)o1. The van der Waals surface area contributed by atoms with Crippen LogP contribution in [0.1, 0.15) is 31.3 Å². The summed E-state index contributed by atoms with van der Waals surface area (Å²) in [5.74, 6) is 1.83. The molecule has 0 aromatic carbocycles. The number of furan rings is 1. The molecule has 2 heterocycles. The van der Waals surface area contributed by atoms with E-state index in [1.807, 2.05) is 37.0 Å². The summed E-state index contributed by atoms with van der Waals surface area (Å²) in [5.41, 5.74) is 2.07. The fraction of sp³-hybridized carbons (Fsp3) is 0.462. The van der Waals surface area contributed by atoms with Crippen LogP contribution in [0.25, 0.3) is 11.3 Å². The molecule has 4 heteroatoms. The topological polar surface area (TPSA) is 43.0 Å². The summed E-state index contributed by atoms with van der Waals surface area (Å²) in [5, 5.41) is 7.56. The van der Waals surface area contributed by atoms with Crippen LogP contribution >= 0.6 is 0 Å². The van der Waals surface area contributed by atoms with Gasteiger partial charge >= 0.3 is 0 Å². The Labute approximate surface area is 102 Å². The van der Waals surface area contributed by atoms with E-state index < -0.39 is 0 Å². The third-order valence-corrected chi connectivity index (χ3v) is 2.72. The minimum atomic E-state index is 0.370. The number of aromatic nitrogens is 2. The Morgan fingerprint density at radius 3 is 2.76 bits per heavy atom. The van der Waals surface area contributed by atoms with Gasteiger partial charge in [-0.2, -0.15) is 5.10 Å². The Morgan fingerprint density at radius 1 is 1.41 bits per heavy atom. The smallest absolute Gasteiger partial charge is 0.137 e. The highest BCUT2D eigenvalue weighted by atomic mass is 16.3. The van der Waals surface area contributed by atoms with Gasteiger partial charge in [-0.15, -0.1) is 0 Å². The van der Waals surface area contributed by atoms with Crippen molar-refractivity contribution in [2.45, 2.75) is 33.4 Å². The van der Waals surface area contributed by atoms with Gasteiger partial charge < -0.3 is 9.73 Å². The summed E-state index contributed by atoms with van der Waals surface area (Å²) in [6.07, 6.45) is 2.04. The number of hydrogen-bond donors (Lipinski definition) is 1. The minimum Gasteiger partial charge on any atom is -0.460 e. The molecule has 1 N–H and O–H groups in total. The fourth-order valence-electron chi connectivity index (χ4n) is 1.78. The van der Waals surface area contributed by atoms with Gasteiger partial charge in [-0.1, -0.05) is 0 Å². The molecule has 2 rings (SSSR count). The van der Waals surface area contributed by atoms with Crippen molar-refractivity contribution in [3.63, 3.8) is 0 Å². The Balaban J connectivity index is 2.31. The molecular weight excluding hydrogens is 214 g/mol. The quantitative estimate of drug-likeness (QED) is 0.883. The molecule has 0 fully saturated rings. The lowest BCUT2D eigenvalue weighted by Crippen LogP contribution is -2.03. The van der Waals surface area contributed by atoms with Crippen LogP contribution in [-0.4, -0.2) is 16.8 Å². The zero-order chi connectivity index (χ0) is 12.4. The van der Waals surface area contributed by atoms with Gasteiger partial charge in [0.25, 0.3) is 0 Å². The molecule has 0 bridgehead atoms. The number of rotatable bonds is 4. The van der Waals surface area contributed by atoms with Crippen molar-refractivity contribution in [2.24, 2.45) is 0 Å². The third kappa shape index (κ3) is 2.42. The molecule has 0 radical (unpaired) electrons. The summed E-state index contributed by atoms with van der Waals surface area (Å²) >= 11 is 0. The predicted molar refractivity (Wildman–Crippen MR) is 67.8 cm³/mol. The molecule has 0 aliphatic carbocycles. The van der Waals surface area contributed by atoms with Gasteiger partial charge in [0.2, 0.25) is 0 Å². The summed E-state index contributed by atoms with van der Waals surface area (Å²) in [6, 6.07) is 4.37. The zero-order valence-corrected chi connectivity index (χ0v) is 10.8. The van der Waals surface area contributed by atoms with Gasteiger partial charge in [0, 0.05) is 12.2 Å². The van der Waals surface area contributed by atoms with Crippen molar-refractivity contribution in [2.75, 3.05) is 7.05 Å². The second kappa shape index (κ2) is 4.75. The average Bonchev–Trinajstić information content (AvgIpc) is 2.85.